The number of hydrogen-bond donors (Lipinski definition) is 1. The highest BCUT2D eigenvalue weighted by Crippen LogP contribution is 2.14. The van der Waals surface area contributed by atoms with E-state index in [1.165, 1.54) is 43.7 Å². The quantitative estimate of drug-likeness (QED) is 0.836. The van der Waals surface area contributed by atoms with Gasteiger partial charge in [-0.3, -0.25) is 4.90 Å². The second-order valence-electron chi connectivity index (χ2n) is 4.75. The summed E-state index contributed by atoms with van der Waals surface area (Å²) in [6.07, 6.45) is 5.11. The third-order valence-corrected chi connectivity index (χ3v) is 3.56. The molecule has 0 spiro atoms. The normalized spacial score (nSPS) is 17.9. The number of rotatable bonds is 4. The topological polar surface area (TPSA) is 34.2 Å². The van der Waals surface area contributed by atoms with Crippen LogP contribution in [0.4, 0.5) is 0 Å². The second kappa shape index (κ2) is 5.51. The molecule has 0 radical (unpaired) electrons. The lowest BCUT2D eigenvalue weighted by Crippen LogP contribution is -2.29. The first-order valence-electron chi connectivity index (χ1n) is 6.37. The molecule has 0 aromatic carbocycles. The zero-order chi connectivity index (χ0) is 11.4. The second-order valence-corrected chi connectivity index (χ2v) is 4.75. The standard InChI is InChI=1S/C13H23N3/c1-15-12(7-8-14)5-6-13(15)11-16-9-3-2-4-10-16/h5-6H,2-4,7-11,14H2,1H3. The molecule has 0 bridgehead atoms. The van der Waals surface area contributed by atoms with Gasteiger partial charge in [-0.1, -0.05) is 6.42 Å². The van der Waals surface area contributed by atoms with Crippen LogP contribution in [0.2, 0.25) is 0 Å². The Bertz CT molecular complexity index is 324. The predicted octanol–water partition coefficient (Wildman–Crippen LogP) is 1.51. The van der Waals surface area contributed by atoms with E-state index in [0.29, 0.717) is 0 Å². The van der Waals surface area contributed by atoms with E-state index in [1.807, 2.05) is 0 Å². The summed E-state index contributed by atoms with van der Waals surface area (Å²) < 4.78 is 2.31. The van der Waals surface area contributed by atoms with Crippen molar-refractivity contribution in [2.45, 2.75) is 32.2 Å². The molecule has 0 amide bonds. The Morgan fingerprint density at radius 2 is 1.81 bits per heavy atom. The first kappa shape index (κ1) is 11.7. The first-order valence-corrected chi connectivity index (χ1v) is 6.37. The Kier molecular flexibility index (Phi) is 4.02. The highest BCUT2D eigenvalue weighted by molar-refractivity contribution is 5.16. The number of aromatic nitrogens is 1. The maximum absolute atomic E-state index is 5.60. The molecule has 3 heteroatoms. The van der Waals surface area contributed by atoms with E-state index in [2.05, 4.69) is 28.6 Å². The zero-order valence-corrected chi connectivity index (χ0v) is 10.3. The van der Waals surface area contributed by atoms with Crippen LogP contribution in [0.25, 0.3) is 0 Å². The molecule has 1 saturated heterocycles. The van der Waals surface area contributed by atoms with Crippen LogP contribution in [-0.2, 0) is 20.0 Å². The van der Waals surface area contributed by atoms with Gasteiger partial charge in [-0.15, -0.1) is 0 Å². The van der Waals surface area contributed by atoms with Gasteiger partial charge < -0.3 is 10.3 Å². The molecule has 0 aliphatic carbocycles. The number of nitrogens with two attached hydrogens (primary N) is 1. The monoisotopic (exact) mass is 221 g/mol. The molecule has 1 aliphatic rings. The van der Waals surface area contributed by atoms with Crippen LogP contribution in [0.5, 0.6) is 0 Å². The van der Waals surface area contributed by atoms with Crippen molar-refractivity contribution in [2.75, 3.05) is 19.6 Å². The van der Waals surface area contributed by atoms with Crippen molar-refractivity contribution >= 4 is 0 Å². The van der Waals surface area contributed by atoms with Crippen LogP contribution in [-0.4, -0.2) is 29.1 Å². The highest BCUT2D eigenvalue weighted by Gasteiger charge is 2.12. The Morgan fingerprint density at radius 1 is 1.12 bits per heavy atom. The van der Waals surface area contributed by atoms with Gasteiger partial charge in [-0.25, -0.2) is 0 Å². The van der Waals surface area contributed by atoms with E-state index in [0.717, 1.165) is 19.5 Å². The van der Waals surface area contributed by atoms with E-state index in [-0.39, 0.29) is 0 Å². The smallest absolute Gasteiger partial charge is 0.0387 e. The number of nitrogens with zero attached hydrogens (tertiary/aromatic N) is 2. The maximum Gasteiger partial charge on any atom is 0.0387 e. The van der Waals surface area contributed by atoms with Gasteiger partial charge in [-0.2, -0.15) is 0 Å². The van der Waals surface area contributed by atoms with Crippen molar-refractivity contribution in [3.63, 3.8) is 0 Å². The summed E-state index contributed by atoms with van der Waals surface area (Å²) in [6.45, 7) is 4.36. The van der Waals surface area contributed by atoms with E-state index in [1.54, 1.807) is 0 Å². The van der Waals surface area contributed by atoms with Crippen molar-refractivity contribution in [3.05, 3.63) is 23.5 Å². The minimum atomic E-state index is 0.737. The number of likely N-dealkylation sites (tertiary alicyclic amines) is 1. The summed E-state index contributed by atoms with van der Waals surface area (Å²) in [5, 5.41) is 0. The van der Waals surface area contributed by atoms with E-state index in [9.17, 15) is 0 Å². The molecule has 0 atom stereocenters. The van der Waals surface area contributed by atoms with Gasteiger partial charge >= 0.3 is 0 Å². The van der Waals surface area contributed by atoms with Gasteiger partial charge in [-0.05, 0) is 51.0 Å². The molecule has 16 heavy (non-hydrogen) atoms. The van der Waals surface area contributed by atoms with Crippen LogP contribution in [0.1, 0.15) is 30.7 Å². The Labute approximate surface area is 98.2 Å². The third kappa shape index (κ3) is 2.66. The molecule has 1 aliphatic heterocycles. The van der Waals surface area contributed by atoms with Gasteiger partial charge in [0.15, 0.2) is 0 Å². The van der Waals surface area contributed by atoms with Gasteiger partial charge in [0, 0.05) is 25.0 Å². The lowest BCUT2D eigenvalue weighted by molar-refractivity contribution is 0.216. The van der Waals surface area contributed by atoms with Gasteiger partial charge in [0.25, 0.3) is 0 Å². The fourth-order valence-corrected chi connectivity index (χ4v) is 2.50. The maximum atomic E-state index is 5.60. The van der Waals surface area contributed by atoms with Crippen LogP contribution in [0, 0.1) is 0 Å². The molecule has 0 saturated carbocycles. The van der Waals surface area contributed by atoms with Crippen LogP contribution < -0.4 is 5.73 Å². The van der Waals surface area contributed by atoms with Crippen molar-refractivity contribution in [1.29, 1.82) is 0 Å². The molecule has 0 unspecified atom stereocenters. The fraction of sp³-hybridized carbons (Fsp3) is 0.692. The van der Waals surface area contributed by atoms with E-state index >= 15 is 0 Å². The summed E-state index contributed by atoms with van der Waals surface area (Å²) in [4.78, 5) is 2.56. The first-order chi connectivity index (χ1) is 7.81. The summed E-state index contributed by atoms with van der Waals surface area (Å²) in [5.74, 6) is 0. The van der Waals surface area contributed by atoms with Crippen molar-refractivity contribution in [1.82, 2.24) is 9.47 Å². The third-order valence-electron chi connectivity index (χ3n) is 3.56. The molecule has 2 heterocycles. The Morgan fingerprint density at radius 3 is 2.50 bits per heavy atom. The van der Waals surface area contributed by atoms with Crippen LogP contribution in [0.3, 0.4) is 0 Å². The minimum absolute atomic E-state index is 0.737. The van der Waals surface area contributed by atoms with Crippen LogP contribution >= 0.6 is 0 Å². The number of hydrogen-bond acceptors (Lipinski definition) is 2. The SMILES string of the molecule is Cn1c(CCN)ccc1CN1CCCCC1. The summed E-state index contributed by atoms with van der Waals surface area (Å²) in [6, 6.07) is 4.46. The molecule has 2 N–H and O–H groups in total. The molecular weight excluding hydrogens is 198 g/mol. The molecule has 3 nitrogen and oxygen atoms in total. The fourth-order valence-electron chi connectivity index (χ4n) is 2.50. The van der Waals surface area contributed by atoms with Crippen molar-refractivity contribution in [3.8, 4) is 0 Å². The molecule has 90 valence electrons. The van der Waals surface area contributed by atoms with Crippen molar-refractivity contribution < 1.29 is 0 Å². The summed E-state index contributed by atoms with van der Waals surface area (Å²) >= 11 is 0. The Hall–Kier alpha value is -0.800. The average molecular weight is 221 g/mol. The van der Waals surface area contributed by atoms with Gasteiger partial charge in [0.05, 0.1) is 0 Å². The largest absolute Gasteiger partial charge is 0.350 e. The summed E-state index contributed by atoms with van der Waals surface area (Å²) in [5.41, 5.74) is 8.38. The van der Waals surface area contributed by atoms with E-state index in [4.69, 9.17) is 5.73 Å². The van der Waals surface area contributed by atoms with Crippen molar-refractivity contribution in [2.24, 2.45) is 12.8 Å². The lowest BCUT2D eigenvalue weighted by atomic mass is 10.1. The number of piperidine rings is 1. The van der Waals surface area contributed by atoms with Gasteiger partial charge in [0.2, 0.25) is 0 Å². The predicted molar refractivity (Wildman–Crippen MR) is 67.3 cm³/mol. The lowest BCUT2D eigenvalue weighted by Gasteiger charge is -2.26. The minimum Gasteiger partial charge on any atom is -0.350 e. The zero-order valence-electron chi connectivity index (χ0n) is 10.3. The molecular formula is C13H23N3. The molecule has 1 aromatic heterocycles. The summed E-state index contributed by atoms with van der Waals surface area (Å²) in [7, 11) is 2.16. The van der Waals surface area contributed by atoms with Crippen LogP contribution in [0.15, 0.2) is 12.1 Å². The molecule has 1 fully saturated rings. The molecule has 1 aromatic rings. The van der Waals surface area contributed by atoms with E-state index < -0.39 is 0 Å². The molecule has 2 rings (SSSR count). The highest BCUT2D eigenvalue weighted by atomic mass is 15.1. The Balaban J connectivity index is 1.97. The van der Waals surface area contributed by atoms with Gasteiger partial charge in [0.1, 0.15) is 0 Å². The average Bonchev–Trinajstić information content (AvgIpc) is 2.64.